The van der Waals surface area contributed by atoms with Gasteiger partial charge in [-0.15, -0.1) is 0 Å². The van der Waals surface area contributed by atoms with E-state index in [4.69, 9.17) is 0 Å². The summed E-state index contributed by atoms with van der Waals surface area (Å²) < 4.78 is 0. The van der Waals surface area contributed by atoms with Crippen LogP contribution in [-0.4, -0.2) is 27.5 Å². The van der Waals surface area contributed by atoms with Crippen LogP contribution in [0.3, 0.4) is 0 Å². The second-order valence-corrected chi connectivity index (χ2v) is 7.80. The molecule has 1 atom stereocenters. The van der Waals surface area contributed by atoms with Gasteiger partial charge in [0, 0.05) is 17.7 Å². The van der Waals surface area contributed by atoms with Crippen LogP contribution in [0, 0.1) is 30.9 Å². The summed E-state index contributed by atoms with van der Waals surface area (Å²) in [5.74, 6) is -0.582. The Kier molecular flexibility index (Phi) is 5.20. The number of nitro groups is 1. The van der Waals surface area contributed by atoms with E-state index in [-0.39, 0.29) is 18.0 Å². The van der Waals surface area contributed by atoms with Gasteiger partial charge in [-0.2, -0.15) is 0 Å². The highest BCUT2D eigenvalue weighted by Gasteiger charge is 2.49. The number of nitrogens with one attached hydrogen (secondary N) is 1. The Balaban J connectivity index is 2.01. The van der Waals surface area contributed by atoms with Crippen LogP contribution in [0.15, 0.2) is 30.3 Å². The van der Waals surface area contributed by atoms with Crippen molar-refractivity contribution in [3.63, 3.8) is 0 Å². The van der Waals surface area contributed by atoms with Gasteiger partial charge in [0.2, 0.25) is 0 Å². The summed E-state index contributed by atoms with van der Waals surface area (Å²) in [4.78, 5) is 49.7. The standard InChI is InChI=1S/C22H23N3O5/c1-12-9-13(2)19(15(4)26)14(3)18(12)11-24-20(27)22(5,23-21(24)28)16-7-6-8-17(10-16)25(29)30/h6-10H,11H2,1-5H3,(H,23,28). The first-order chi connectivity index (χ1) is 14.0. The lowest BCUT2D eigenvalue weighted by atomic mass is 9.90. The number of hydrogen-bond donors (Lipinski definition) is 1. The number of hydrogen-bond acceptors (Lipinski definition) is 5. The highest BCUT2D eigenvalue weighted by Crippen LogP contribution is 2.33. The lowest BCUT2D eigenvalue weighted by Crippen LogP contribution is -2.40. The molecule has 1 heterocycles. The third-order valence-electron chi connectivity index (χ3n) is 5.71. The minimum Gasteiger partial charge on any atom is -0.319 e. The number of Topliss-reactive ketones (excluding diaryl/α,β-unsaturated/α-hetero) is 1. The zero-order chi connectivity index (χ0) is 22.4. The highest BCUT2D eigenvalue weighted by molar-refractivity contribution is 6.07. The number of amides is 3. The summed E-state index contributed by atoms with van der Waals surface area (Å²) in [7, 11) is 0. The molecule has 8 heteroatoms. The van der Waals surface area contributed by atoms with Gasteiger partial charge in [0.25, 0.3) is 11.6 Å². The van der Waals surface area contributed by atoms with E-state index in [9.17, 15) is 24.5 Å². The van der Waals surface area contributed by atoms with Gasteiger partial charge in [-0.3, -0.25) is 24.6 Å². The van der Waals surface area contributed by atoms with Crippen LogP contribution in [0.1, 0.15) is 52.0 Å². The molecule has 1 aliphatic rings. The Hall–Kier alpha value is -3.55. The molecule has 2 aromatic carbocycles. The number of carbonyl (C=O) groups excluding carboxylic acids is 3. The molecule has 1 saturated heterocycles. The summed E-state index contributed by atoms with van der Waals surface area (Å²) in [6.07, 6.45) is 0. The van der Waals surface area contributed by atoms with Gasteiger partial charge < -0.3 is 5.32 Å². The van der Waals surface area contributed by atoms with Crippen molar-refractivity contribution >= 4 is 23.4 Å². The molecule has 0 bridgehead atoms. The zero-order valence-corrected chi connectivity index (χ0v) is 17.5. The van der Waals surface area contributed by atoms with Crippen molar-refractivity contribution in [3.05, 3.63) is 73.8 Å². The summed E-state index contributed by atoms with van der Waals surface area (Å²) in [6.45, 7) is 8.56. The Morgan fingerprint density at radius 3 is 2.43 bits per heavy atom. The van der Waals surface area contributed by atoms with E-state index >= 15 is 0 Å². The molecule has 2 aromatic rings. The second-order valence-electron chi connectivity index (χ2n) is 7.80. The molecule has 0 aliphatic carbocycles. The van der Waals surface area contributed by atoms with Gasteiger partial charge in [-0.1, -0.05) is 18.2 Å². The summed E-state index contributed by atoms with van der Waals surface area (Å²) in [6, 6.07) is 6.96. The van der Waals surface area contributed by atoms with E-state index in [0.717, 1.165) is 27.2 Å². The zero-order valence-electron chi connectivity index (χ0n) is 17.5. The molecule has 1 aliphatic heterocycles. The summed E-state index contributed by atoms with van der Waals surface area (Å²) >= 11 is 0. The third kappa shape index (κ3) is 3.34. The summed E-state index contributed by atoms with van der Waals surface area (Å²) in [5.41, 5.74) is 2.54. The fourth-order valence-electron chi connectivity index (χ4n) is 4.14. The normalized spacial score (nSPS) is 18.5. The predicted molar refractivity (Wildman–Crippen MR) is 110 cm³/mol. The van der Waals surface area contributed by atoms with Crippen LogP contribution in [0.25, 0.3) is 0 Å². The molecule has 30 heavy (non-hydrogen) atoms. The first kappa shape index (κ1) is 21.2. The van der Waals surface area contributed by atoms with Crippen LogP contribution >= 0.6 is 0 Å². The molecule has 0 radical (unpaired) electrons. The van der Waals surface area contributed by atoms with Gasteiger partial charge in [0.05, 0.1) is 11.5 Å². The number of imide groups is 1. The van der Waals surface area contributed by atoms with E-state index in [1.165, 1.54) is 32.0 Å². The maximum Gasteiger partial charge on any atom is 0.325 e. The minimum absolute atomic E-state index is 0.00735. The largest absolute Gasteiger partial charge is 0.325 e. The maximum atomic E-state index is 13.2. The number of benzene rings is 2. The van der Waals surface area contributed by atoms with Crippen molar-refractivity contribution in [1.29, 1.82) is 0 Å². The second kappa shape index (κ2) is 7.37. The molecule has 1 N–H and O–H groups in total. The van der Waals surface area contributed by atoms with E-state index in [1.54, 1.807) is 6.07 Å². The average Bonchev–Trinajstić information content (AvgIpc) is 2.88. The highest BCUT2D eigenvalue weighted by atomic mass is 16.6. The molecule has 156 valence electrons. The number of urea groups is 1. The SMILES string of the molecule is CC(=O)c1c(C)cc(C)c(CN2C(=O)NC(C)(c3cccc([N+](=O)[O-])c3)C2=O)c1C. The molecule has 0 spiro atoms. The van der Waals surface area contributed by atoms with Gasteiger partial charge in [-0.05, 0) is 62.4 Å². The van der Waals surface area contributed by atoms with Crippen molar-refractivity contribution in [2.75, 3.05) is 0 Å². The number of carbonyl (C=O) groups is 3. The minimum atomic E-state index is -1.42. The van der Waals surface area contributed by atoms with Gasteiger partial charge in [-0.25, -0.2) is 4.79 Å². The van der Waals surface area contributed by atoms with E-state index in [0.29, 0.717) is 11.1 Å². The quantitative estimate of drug-likeness (QED) is 0.350. The van der Waals surface area contributed by atoms with Crippen LogP contribution in [-0.2, 0) is 16.9 Å². The Morgan fingerprint density at radius 1 is 1.17 bits per heavy atom. The van der Waals surface area contributed by atoms with Crippen LogP contribution in [0.5, 0.6) is 0 Å². The monoisotopic (exact) mass is 409 g/mol. The number of nitro benzene ring substituents is 1. The van der Waals surface area contributed by atoms with Crippen LogP contribution in [0.4, 0.5) is 10.5 Å². The molecule has 0 saturated carbocycles. The lowest BCUT2D eigenvalue weighted by Gasteiger charge is -2.23. The fraction of sp³-hybridized carbons (Fsp3) is 0.318. The van der Waals surface area contributed by atoms with E-state index < -0.39 is 22.4 Å². The fourth-order valence-corrected chi connectivity index (χ4v) is 4.14. The molecule has 1 fully saturated rings. The van der Waals surface area contributed by atoms with Gasteiger partial charge >= 0.3 is 6.03 Å². The number of ketones is 1. The number of rotatable bonds is 5. The first-order valence-corrected chi connectivity index (χ1v) is 9.47. The van der Waals surface area contributed by atoms with E-state index in [2.05, 4.69) is 5.32 Å². The van der Waals surface area contributed by atoms with Gasteiger partial charge in [0.15, 0.2) is 5.78 Å². The summed E-state index contributed by atoms with van der Waals surface area (Å²) in [5, 5.41) is 13.8. The number of aryl methyl sites for hydroxylation is 2. The van der Waals surface area contributed by atoms with Crippen molar-refractivity contribution in [3.8, 4) is 0 Å². The number of non-ortho nitro benzene ring substituents is 1. The van der Waals surface area contributed by atoms with Crippen molar-refractivity contribution in [1.82, 2.24) is 10.2 Å². The predicted octanol–water partition coefficient (Wildman–Crippen LogP) is 3.69. The van der Waals surface area contributed by atoms with Gasteiger partial charge in [0.1, 0.15) is 5.54 Å². The molecule has 0 aromatic heterocycles. The molecular weight excluding hydrogens is 386 g/mol. The Morgan fingerprint density at radius 2 is 1.83 bits per heavy atom. The molecular formula is C22H23N3O5. The lowest BCUT2D eigenvalue weighted by molar-refractivity contribution is -0.385. The van der Waals surface area contributed by atoms with Crippen molar-refractivity contribution in [2.45, 2.75) is 46.7 Å². The molecule has 8 nitrogen and oxygen atoms in total. The van der Waals surface area contributed by atoms with Crippen molar-refractivity contribution < 1.29 is 19.3 Å². The molecule has 3 rings (SSSR count). The van der Waals surface area contributed by atoms with E-state index in [1.807, 2.05) is 26.8 Å². The average molecular weight is 409 g/mol. The molecule has 1 unspecified atom stereocenters. The molecule has 3 amide bonds. The smallest absolute Gasteiger partial charge is 0.319 e. The maximum absolute atomic E-state index is 13.2. The Labute approximate surface area is 174 Å². The first-order valence-electron chi connectivity index (χ1n) is 9.47. The third-order valence-corrected chi connectivity index (χ3v) is 5.71. The van der Waals surface area contributed by atoms with Crippen LogP contribution in [0.2, 0.25) is 0 Å². The van der Waals surface area contributed by atoms with Crippen molar-refractivity contribution in [2.24, 2.45) is 0 Å². The van der Waals surface area contributed by atoms with Crippen LogP contribution < -0.4 is 5.32 Å². The Bertz CT molecular complexity index is 1110. The number of nitrogens with zero attached hydrogens (tertiary/aromatic N) is 2. The topological polar surface area (TPSA) is 110 Å².